The number of hydrogen-bond donors (Lipinski definition) is 2. The van der Waals surface area contributed by atoms with Gasteiger partial charge in [0.05, 0.1) is 5.92 Å². The highest BCUT2D eigenvalue weighted by atomic mass is 16.4. The fraction of sp³-hybridized carbons (Fsp3) is 0.350. The lowest BCUT2D eigenvalue weighted by Crippen LogP contribution is -2.29. The van der Waals surface area contributed by atoms with E-state index in [1.54, 1.807) is 47.6 Å². The van der Waals surface area contributed by atoms with Gasteiger partial charge in [0.2, 0.25) is 0 Å². The second-order valence-corrected chi connectivity index (χ2v) is 7.16. The summed E-state index contributed by atoms with van der Waals surface area (Å²) < 4.78 is 0. The number of aromatic amines is 1. The van der Waals surface area contributed by atoms with Gasteiger partial charge in [0, 0.05) is 42.2 Å². The molecule has 26 heavy (non-hydrogen) atoms. The molecule has 2 atom stereocenters. The third-order valence-corrected chi connectivity index (χ3v) is 5.45. The van der Waals surface area contributed by atoms with Crippen LogP contribution < -0.4 is 0 Å². The molecule has 2 heterocycles. The molecular weight excluding hydrogens is 332 g/mol. The molecule has 1 aliphatic heterocycles. The molecule has 134 valence electrons. The number of benzene rings is 1. The average Bonchev–Trinajstić information content (AvgIpc) is 3.17. The van der Waals surface area contributed by atoms with Gasteiger partial charge in [-0.05, 0) is 42.9 Å². The van der Waals surface area contributed by atoms with E-state index in [9.17, 15) is 19.5 Å². The Hall–Kier alpha value is -2.89. The van der Waals surface area contributed by atoms with Gasteiger partial charge in [0.1, 0.15) is 0 Å². The van der Waals surface area contributed by atoms with Crippen LogP contribution in [0.15, 0.2) is 42.7 Å². The maximum absolute atomic E-state index is 12.8. The minimum Gasteiger partial charge on any atom is -0.481 e. The van der Waals surface area contributed by atoms with Crippen molar-refractivity contribution in [3.8, 4) is 0 Å². The number of rotatable bonds is 5. The smallest absolute Gasteiger partial charge is 0.308 e. The highest BCUT2D eigenvalue weighted by Gasteiger charge is 2.46. The molecule has 2 aliphatic rings. The van der Waals surface area contributed by atoms with Crippen LogP contribution >= 0.6 is 0 Å². The number of likely N-dealkylation sites (tertiary alicyclic amines) is 1. The Kier molecular flexibility index (Phi) is 4.11. The lowest BCUT2D eigenvalue weighted by molar-refractivity contribution is -0.142. The first-order valence-corrected chi connectivity index (χ1v) is 8.84. The fourth-order valence-corrected chi connectivity index (χ4v) is 3.84. The quantitative estimate of drug-likeness (QED) is 0.809. The van der Waals surface area contributed by atoms with Gasteiger partial charge in [0.15, 0.2) is 5.78 Å². The van der Waals surface area contributed by atoms with Gasteiger partial charge in [-0.25, -0.2) is 0 Å². The van der Waals surface area contributed by atoms with E-state index in [4.69, 9.17) is 0 Å². The minimum absolute atomic E-state index is 0.0610. The van der Waals surface area contributed by atoms with Crippen molar-refractivity contribution >= 4 is 17.7 Å². The van der Waals surface area contributed by atoms with Crippen LogP contribution in [0.25, 0.3) is 0 Å². The average molecular weight is 352 g/mol. The maximum Gasteiger partial charge on any atom is 0.308 e. The third-order valence-electron chi connectivity index (χ3n) is 5.45. The van der Waals surface area contributed by atoms with Crippen molar-refractivity contribution in [2.45, 2.75) is 12.8 Å². The van der Waals surface area contributed by atoms with Crippen LogP contribution in [-0.2, 0) is 4.79 Å². The molecule has 0 bridgehead atoms. The summed E-state index contributed by atoms with van der Waals surface area (Å²) >= 11 is 0. The van der Waals surface area contributed by atoms with Crippen molar-refractivity contribution in [3.63, 3.8) is 0 Å². The molecule has 4 rings (SSSR count). The molecule has 2 fully saturated rings. The van der Waals surface area contributed by atoms with Gasteiger partial charge in [-0.1, -0.05) is 12.1 Å². The number of carboxylic acids is 1. The summed E-state index contributed by atoms with van der Waals surface area (Å²) in [5.41, 5.74) is 1.57. The molecule has 1 amide bonds. The van der Waals surface area contributed by atoms with Crippen LogP contribution in [0.2, 0.25) is 0 Å². The Balaban J connectivity index is 1.48. The second-order valence-electron chi connectivity index (χ2n) is 7.16. The van der Waals surface area contributed by atoms with Crippen molar-refractivity contribution in [2.75, 3.05) is 13.1 Å². The van der Waals surface area contributed by atoms with Crippen molar-refractivity contribution in [1.29, 1.82) is 0 Å². The number of aromatic nitrogens is 1. The Morgan fingerprint density at radius 3 is 2.23 bits per heavy atom. The molecule has 1 aromatic heterocycles. The van der Waals surface area contributed by atoms with Crippen LogP contribution in [0.4, 0.5) is 0 Å². The summed E-state index contributed by atoms with van der Waals surface area (Å²) in [4.78, 5) is 41.1. The molecule has 1 saturated heterocycles. The van der Waals surface area contributed by atoms with Crippen LogP contribution in [-0.4, -0.2) is 45.7 Å². The van der Waals surface area contributed by atoms with Gasteiger partial charge in [-0.2, -0.15) is 0 Å². The molecule has 2 N–H and O–H groups in total. The lowest BCUT2D eigenvalue weighted by atomic mass is 9.92. The summed E-state index contributed by atoms with van der Waals surface area (Å²) in [6.45, 7) is 0.768. The summed E-state index contributed by atoms with van der Waals surface area (Å²) in [5, 5.41) is 9.44. The van der Waals surface area contributed by atoms with Crippen LogP contribution in [0.3, 0.4) is 0 Å². The van der Waals surface area contributed by atoms with E-state index in [0.717, 1.165) is 12.8 Å². The zero-order valence-electron chi connectivity index (χ0n) is 14.2. The molecule has 6 heteroatoms. The van der Waals surface area contributed by atoms with E-state index >= 15 is 0 Å². The number of hydrogen-bond acceptors (Lipinski definition) is 3. The van der Waals surface area contributed by atoms with Gasteiger partial charge in [-0.15, -0.1) is 0 Å². The molecule has 6 nitrogen and oxygen atoms in total. The number of aliphatic carboxylic acids is 1. The van der Waals surface area contributed by atoms with E-state index in [-0.39, 0.29) is 24.2 Å². The van der Waals surface area contributed by atoms with Gasteiger partial charge < -0.3 is 15.0 Å². The monoisotopic (exact) mass is 352 g/mol. The van der Waals surface area contributed by atoms with E-state index in [2.05, 4.69) is 4.98 Å². The minimum atomic E-state index is -0.815. The SMILES string of the molecule is O=C(c1ccc(C(=O)N2C[C@H](C(=O)O)[C@@H](C3CC3)C2)cc1)c1cc[nH]c1. The predicted molar refractivity (Wildman–Crippen MR) is 93.9 cm³/mol. The summed E-state index contributed by atoms with van der Waals surface area (Å²) in [6.07, 6.45) is 5.45. The summed E-state index contributed by atoms with van der Waals surface area (Å²) in [6, 6.07) is 8.28. The Bertz CT molecular complexity index is 837. The van der Waals surface area contributed by atoms with Crippen molar-refractivity contribution in [3.05, 3.63) is 59.4 Å². The first kappa shape index (κ1) is 16.6. The van der Waals surface area contributed by atoms with E-state index in [0.29, 0.717) is 29.2 Å². The predicted octanol–water partition coefficient (Wildman–Crippen LogP) is 2.43. The number of amides is 1. The molecule has 0 spiro atoms. The second kappa shape index (κ2) is 6.44. The Labute approximate surface area is 150 Å². The molecule has 2 aromatic rings. The number of nitrogens with zero attached hydrogens (tertiary/aromatic N) is 1. The molecule has 0 radical (unpaired) electrons. The van der Waals surface area contributed by atoms with Gasteiger partial charge in [0.25, 0.3) is 5.91 Å². The standard InChI is InChI=1S/C20H20N2O4/c23-18(15-7-8-21-9-15)13-3-5-14(6-4-13)19(24)22-10-16(12-1-2-12)17(11-22)20(25)26/h3-9,12,16-17,21H,1-2,10-11H2,(H,25,26)/t16-,17+/m1/s1. The maximum atomic E-state index is 12.8. The molecule has 0 unspecified atom stereocenters. The zero-order valence-corrected chi connectivity index (χ0v) is 14.2. The van der Waals surface area contributed by atoms with Crippen molar-refractivity contribution < 1.29 is 19.5 Å². The number of H-pyrrole nitrogens is 1. The number of carbonyl (C=O) groups is 3. The Morgan fingerprint density at radius 2 is 1.65 bits per heavy atom. The van der Waals surface area contributed by atoms with E-state index < -0.39 is 11.9 Å². The number of ketones is 1. The van der Waals surface area contributed by atoms with E-state index in [1.807, 2.05) is 0 Å². The lowest BCUT2D eigenvalue weighted by Gasteiger charge is -2.16. The Morgan fingerprint density at radius 1 is 0.962 bits per heavy atom. The third kappa shape index (κ3) is 3.03. The van der Waals surface area contributed by atoms with Crippen molar-refractivity contribution in [1.82, 2.24) is 9.88 Å². The van der Waals surface area contributed by atoms with Gasteiger partial charge in [-0.3, -0.25) is 14.4 Å². The first-order valence-electron chi connectivity index (χ1n) is 8.84. The topological polar surface area (TPSA) is 90.5 Å². The fourth-order valence-electron chi connectivity index (χ4n) is 3.84. The van der Waals surface area contributed by atoms with Crippen LogP contribution in [0.5, 0.6) is 0 Å². The first-order chi connectivity index (χ1) is 12.5. The van der Waals surface area contributed by atoms with Crippen LogP contribution in [0, 0.1) is 17.8 Å². The number of carboxylic acid groups (broad SMARTS) is 1. The molecular formula is C20H20N2O4. The highest BCUT2D eigenvalue weighted by Crippen LogP contribution is 2.44. The van der Waals surface area contributed by atoms with Crippen molar-refractivity contribution in [2.24, 2.45) is 17.8 Å². The largest absolute Gasteiger partial charge is 0.481 e. The summed E-state index contributed by atoms with van der Waals surface area (Å²) in [5.74, 6) is -1.06. The van der Waals surface area contributed by atoms with Gasteiger partial charge >= 0.3 is 5.97 Å². The molecule has 1 aliphatic carbocycles. The number of carbonyl (C=O) groups excluding carboxylic acids is 2. The summed E-state index contributed by atoms with van der Waals surface area (Å²) in [7, 11) is 0. The number of nitrogens with one attached hydrogen (secondary N) is 1. The highest BCUT2D eigenvalue weighted by molar-refractivity contribution is 6.09. The molecule has 1 saturated carbocycles. The molecule has 1 aromatic carbocycles. The van der Waals surface area contributed by atoms with Crippen LogP contribution in [0.1, 0.15) is 39.1 Å². The van der Waals surface area contributed by atoms with E-state index in [1.165, 1.54) is 0 Å². The normalized spacial score (nSPS) is 22.4. The zero-order chi connectivity index (χ0) is 18.3.